The lowest BCUT2D eigenvalue weighted by atomic mass is 9.70. The van der Waals surface area contributed by atoms with Gasteiger partial charge >= 0.3 is 5.97 Å². The Labute approximate surface area is 110 Å². The predicted octanol–water partition coefficient (Wildman–Crippen LogP) is 1.51. The first-order valence-electron chi connectivity index (χ1n) is 7.11. The molecule has 2 fully saturated rings. The zero-order valence-corrected chi connectivity index (χ0v) is 11.9. The standard InChI is InChI=1S/C14H26N2O2/c1-11-8-12(2)10-14(9-11,13(17)18)16-6-4-15(3)5-7-16/h11-12H,4-10H2,1-3H3,(H,17,18). The average Bonchev–Trinajstić information content (AvgIpc) is 2.28. The van der Waals surface area contributed by atoms with E-state index in [1.54, 1.807) is 0 Å². The van der Waals surface area contributed by atoms with Gasteiger partial charge in [0.1, 0.15) is 5.54 Å². The Balaban J connectivity index is 2.18. The van der Waals surface area contributed by atoms with E-state index < -0.39 is 11.5 Å². The second kappa shape index (κ2) is 5.17. The van der Waals surface area contributed by atoms with Gasteiger partial charge in [-0.15, -0.1) is 0 Å². The maximum absolute atomic E-state index is 11.9. The fraction of sp³-hybridized carbons (Fsp3) is 0.929. The van der Waals surface area contributed by atoms with Crippen molar-refractivity contribution in [2.45, 2.75) is 38.6 Å². The molecular weight excluding hydrogens is 228 g/mol. The Hall–Kier alpha value is -0.610. The summed E-state index contributed by atoms with van der Waals surface area (Å²) in [5.41, 5.74) is -0.599. The van der Waals surface area contributed by atoms with Crippen LogP contribution in [0.5, 0.6) is 0 Å². The molecule has 1 saturated heterocycles. The van der Waals surface area contributed by atoms with Crippen LogP contribution in [0.2, 0.25) is 0 Å². The number of piperazine rings is 1. The van der Waals surface area contributed by atoms with E-state index in [0.29, 0.717) is 11.8 Å². The summed E-state index contributed by atoms with van der Waals surface area (Å²) in [5.74, 6) is 0.430. The minimum atomic E-state index is -0.606. The van der Waals surface area contributed by atoms with Crippen molar-refractivity contribution >= 4 is 5.97 Å². The first-order chi connectivity index (χ1) is 8.44. The maximum atomic E-state index is 11.9. The van der Waals surface area contributed by atoms with Gasteiger partial charge in [0, 0.05) is 26.2 Å². The lowest BCUT2D eigenvalue weighted by Crippen LogP contribution is -2.62. The number of aliphatic carboxylic acids is 1. The zero-order chi connectivity index (χ0) is 13.3. The molecule has 18 heavy (non-hydrogen) atoms. The molecule has 1 heterocycles. The second-order valence-electron chi connectivity index (χ2n) is 6.48. The predicted molar refractivity (Wildman–Crippen MR) is 71.6 cm³/mol. The summed E-state index contributed by atoms with van der Waals surface area (Å²) in [6, 6.07) is 0. The third kappa shape index (κ3) is 2.54. The monoisotopic (exact) mass is 254 g/mol. The highest BCUT2D eigenvalue weighted by Gasteiger charge is 2.48. The van der Waals surface area contributed by atoms with E-state index in [-0.39, 0.29) is 0 Å². The molecule has 2 aliphatic rings. The van der Waals surface area contributed by atoms with Crippen LogP contribution in [0.1, 0.15) is 33.1 Å². The zero-order valence-electron chi connectivity index (χ0n) is 11.9. The lowest BCUT2D eigenvalue weighted by Gasteiger charge is -2.49. The molecule has 4 nitrogen and oxygen atoms in total. The fourth-order valence-corrected chi connectivity index (χ4v) is 3.89. The van der Waals surface area contributed by atoms with Gasteiger partial charge in [-0.25, -0.2) is 0 Å². The summed E-state index contributed by atoms with van der Waals surface area (Å²) in [5, 5.41) is 9.79. The molecule has 1 saturated carbocycles. The van der Waals surface area contributed by atoms with Crippen LogP contribution in [0.4, 0.5) is 0 Å². The molecule has 0 aromatic carbocycles. The summed E-state index contributed by atoms with van der Waals surface area (Å²) in [6.07, 6.45) is 2.80. The Morgan fingerprint density at radius 1 is 1.11 bits per heavy atom. The molecular formula is C14H26N2O2. The van der Waals surface area contributed by atoms with Crippen LogP contribution in [-0.4, -0.2) is 59.6 Å². The summed E-state index contributed by atoms with van der Waals surface area (Å²) < 4.78 is 0. The fourth-order valence-electron chi connectivity index (χ4n) is 3.89. The van der Waals surface area contributed by atoms with Crippen molar-refractivity contribution < 1.29 is 9.90 Å². The van der Waals surface area contributed by atoms with Crippen molar-refractivity contribution in [2.75, 3.05) is 33.2 Å². The summed E-state index contributed by atoms with van der Waals surface area (Å²) >= 11 is 0. The highest BCUT2D eigenvalue weighted by molar-refractivity contribution is 5.79. The Morgan fingerprint density at radius 2 is 1.61 bits per heavy atom. The van der Waals surface area contributed by atoms with Crippen molar-refractivity contribution in [1.82, 2.24) is 9.80 Å². The van der Waals surface area contributed by atoms with Crippen molar-refractivity contribution in [3.63, 3.8) is 0 Å². The number of carboxylic acids is 1. The normalized spacial score (nSPS) is 39.7. The Morgan fingerprint density at radius 3 is 2.06 bits per heavy atom. The van der Waals surface area contributed by atoms with Gasteiger partial charge < -0.3 is 10.0 Å². The molecule has 0 aromatic heterocycles. The first-order valence-corrected chi connectivity index (χ1v) is 7.11. The summed E-state index contributed by atoms with van der Waals surface area (Å²) in [7, 11) is 2.11. The quantitative estimate of drug-likeness (QED) is 0.811. The van der Waals surface area contributed by atoms with Crippen molar-refractivity contribution in [3.05, 3.63) is 0 Å². The molecule has 1 N–H and O–H groups in total. The molecule has 4 heteroatoms. The SMILES string of the molecule is CC1CC(C)CC(C(=O)O)(N2CCN(C)CC2)C1. The highest BCUT2D eigenvalue weighted by atomic mass is 16.4. The molecule has 0 aromatic rings. The van der Waals surface area contributed by atoms with E-state index in [0.717, 1.165) is 39.0 Å². The minimum absolute atomic E-state index is 0.518. The maximum Gasteiger partial charge on any atom is 0.324 e. The van der Waals surface area contributed by atoms with Gasteiger partial charge in [-0.1, -0.05) is 13.8 Å². The molecule has 1 aliphatic heterocycles. The summed E-state index contributed by atoms with van der Waals surface area (Å²) in [4.78, 5) is 16.4. The van der Waals surface area contributed by atoms with Crippen LogP contribution in [0.15, 0.2) is 0 Å². The van der Waals surface area contributed by atoms with Crippen LogP contribution in [0.25, 0.3) is 0 Å². The van der Waals surface area contributed by atoms with E-state index in [4.69, 9.17) is 0 Å². The molecule has 2 unspecified atom stereocenters. The molecule has 104 valence electrons. The summed E-state index contributed by atoms with van der Waals surface area (Å²) in [6.45, 7) is 8.15. The van der Waals surface area contributed by atoms with Gasteiger partial charge in [-0.2, -0.15) is 0 Å². The highest BCUT2D eigenvalue weighted by Crippen LogP contribution is 2.40. The molecule has 0 amide bonds. The molecule has 0 radical (unpaired) electrons. The third-order valence-corrected chi connectivity index (χ3v) is 4.68. The number of nitrogens with zero attached hydrogens (tertiary/aromatic N) is 2. The Bertz CT molecular complexity index is 301. The molecule has 1 aliphatic carbocycles. The van der Waals surface area contributed by atoms with Crippen molar-refractivity contribution in [1.29, 1.82) is 0 Å². The largest absolute Gasteiger partial charge is 0.480 e. The topological polar surface area (TPSA) is 43.8 Å². The van der Waals surface area contributed by atoms with Gasteiger partial charge in [-0.05, 0) is 38.1 Å². The molecule has 0 spiro atoms. The van der Waals surface area contributed by atoms with Gasteiger partial charge in [0.05, 0.1) is 0 Å². The molecule has 2 rings (SSSR count). The lowest BCUT2D eigenvalue weighted by molar-refractivity contribution is -0.158. The second-order valence-corrected chi connectivity index (χ2v) is 6.48. The van der Waals surface area contributed by atoms with Crippen molar-refractivity contribution in [2.24, 2.45) is 11.8 Å². The van der Waals surface area contributed by atoms with Crippen LogP contribution in [0.3, 0.4) is 0 Å². The van der Waals surface area contributed by atoms with Gasteiger partial charge in [0.2, 0.25) is 0 Å². The molecule has 2 atom stereocenters. The average molecular weight is 254 g/mol. The number of likely N-dealkylation sites (N-methyl/N-ethyl adjacent to an activating group) is 1. The van der Waals surface area contributed by atoms with E-state index in [2.05, 4.69) is 30.7 Å². The van der Waals surface area contributed by atoms with Crippen molar-refractivity contribution in [3.8, 4) is 0 Å². The number of carbonyl (C=O) groups is 1. The van der Waals surface area contributed by atoms with Crippen LogP contribution in [0, 0.1) is 11.8 Å². The number of rotatable bonds is 2. The van der Waals surface area contributed by atoms with Crippen LogP contribution in [-0.2, 0) is 4.79 Å². The Kier molecular flexibility index (Phi) is 3.97. The first kappa shape index (κ1) is 13.8. The van der Waals surface area contributed by atoms with E-state index in [1.807, 2.05) is 0 Å². The minimum Gasteiger partial charge on any atom is -0.480 e. The van der Waals surface area contributed by atoms with E-state index >= 15 is 0 Å². The van der Waals surface area contributed by atoms with E-state index in [9.17, 15) is 9.90 Å². The number of hydrogen-bond donors (Lipinski definition) is 1. The number of hydrogen-bond acceptors (Lipinski definition) is 3. The van der Waals surface area contributed by atoms with Crippen LogP contribution < -0.4 is 0 Å². The van der Waals surface area contributed by atoms with Gasteiger partial charge in [0.15, 0.2) is 0 Å². The van der Waals surface area contributed by atoms with Crippen LogP contribution >= 0.6 is 0 Å². The molecule has 0 bridgehead atoms. The third-order valence-electron chi connectivity index (χ3n) is 4.68. The number of carboxylic acid groups (broad SMARTS) is 1. The van der Waals surface area contributed by atoms with Gasteiger partial charge in [-0.3, -0.25) is 9.69 Å². The van der Waals surface area contributed by atoms with E-state index in [1.165, 1.54) is 6.42 Å². The smallest absolute Gasteiger partial charge is 0.324 e. The van der Waals surface area contributed by atoms with Gasteiger partial charge in [0.25, 0.3) is 0 Å².